The van der Waals surface area contributed by atoms with Crippen LogP contribution in [0.4, 0.5) is 24.8 Å². The molecule has 3 aromatic rings. The Hall–Kier alpha value is -4.08. The van der Waals surface area contributed by atoms with Crippen LogP contribution in [0.15, 0.2) is 78.5 Å². The molecule has 3 heterocycles. The molecule has 0 spiro atoms. The fourth-order valence-electron chi connectivity index (χ4n) is 4.43. The van der Waals surface area contributed by atoms with Gasteiger partial charge in [0, 0.05) is 48.0 Å². The van der Waals surface area contributed by atoms with Gasteiger partial charge in [0.15, 0.2) is 5.69 Å². The van der Waals surface area contributed by atoms with E-state index in [-0.39, 0.29) is 11.5 Å². The number of allylic oxidation sites excluding steroid dienone is 4. The maximum absolute atomic E-state index is 13.2. The third kappa shape index (κ3) is 4.05. The van der Waals surface area contributed by atoms with Crippen LogP contribution in [0.5, 0.6) is 0 Å². The molecule has 2 N–H and O–H groups in total. The normalized spacial score (nSPS) is 16.1. The molecular weight excluding hydrogens is 455 g/mol. The SMILES string of the molecule is CC(C)(C)N1C2=C(C=CN1c1ccccc1-n1ccc(C(F)(F)F)n1)C(c1cnc(N)nc1)=CC2. The number of alkyl halides is 3. The average Bonchev–Trinajstić information content (AvgIpc) is 3.46. The van der Waals surface area contributed by atoms with E-state index < -0.39 is 11.9 Å². The number of anilines is 2. The zero-order valence-electron chi connectivity index (χ0n) is 19.5. The monoisotopic (exact) mass is 479 g/mol. The minimum absolute atomic E-state index is 0.215. The van der Waals surface area contributed by atoms with Crippen molar-refractivity contribution < 1.29 is 13.2 Å². The summed E-state index contributed by atoms with van der Waals surface area (Å²) >= 11 is 0. The molecule has 0 radical (unpaired) electrons. The third-order valence-electron chi connectivity index (χ3n) is 5.83. The van der Waals surface area contributed by atoms with Gasteiger partial charge in [-0.05, 0) is 50.6 Å². The summed E-state index contributed by atoms with van der Waals surface area (Å²) in [6, 6.07) is 8.24. The van der Waals surface area contributed by atoms with Gasteiger partial charge in [0.1, 0.15) is 0 Å². The zero-order chi connectivity index (χ0) is 25.0. The van der Waals surface area contributed by atoms with Gasteiger partial charge in [-0.1, -0.05) is 18.2 Å². The molecule has 0 saturated carbocycles. The van der Waals surface area contributed by atoms with Crippen LogP contribution in [-0.4, -0.2) is 30.3 Å². The lowest BCUT2D eigenvalue weighted by molar-refractivity contribution is -0.141. The van der Waals surface area contributed by atoms with Gasteiger partial charge >= 0.3 is 6.18 Å². The first kappa shape index (κ1) is 22.7. The molecule has 7 nitrogen and oxygen atoms in total. The topological polar surface area (TPSA) is 76.1 Å². The molecule has 180 valence electrons. The highest BCUT2D eigenvalue weighted by atomic mass is 19.4. The van der Waals surface area contributed by atoms with Gasteiger partial charge in [-0.25, -0.2) is 14.6 Å². The molecule has 2 aromatic heterocycles. The van der Waals surface area contributed by atoms with Gasteiger partial charge in [-0.15, -0.1) is 0 Å². The number of hydrogen-bond acceptors (Lipinski definition) is 6. The van der Waals surface area contributed by atoms with Gasteiger partial charge in [-0.3, -0.25) is 10.0 Å². The maximum atomic E-state index is 13.2. The molecule has 0 atom stereocenters. The summed E-state index contributed by atoms with van der Waals surface area (Å²) in [7, 11) is 0. The Kier molecular flexibility index (Phi) is 5.19. The van der Waals surface area contributed by atoms with Gasteiger partial charge < -0.3 is 5.73 Å². The van der Waals surface area contributed by atoms with Crippen molar-refractivity contribution in [1.29, 1.82) is 0 Å². The highest BCUT2D eigenvalue weighted by Crippen LogP contribution is 2.44. The van der Waals surface area contributed by atoms with Crippen LogP contribution < -0.4 is 10.7 Å². The molecule has 10 heteroatoms. The number of rotatable bonds is 3. The molecule has 35 heavy (non-hydrogen) atoms. The van der Waals surface area contributed by atoms with Gasteiger partial charge in [-0.2, -0.15) is 18.3 Å². The molecule has 1 aromatic carbocycles. The molecular formula is C25H24F3N7. The molecule has 1 aliphatic carbocycles. The summed E-state index contributed by atoms with van der Waals surface area (Å²) in [5.74, 6) is 0.215. The minimum Gasteiger partial charge on any atom is -0.368 e. The number of hydrazine groups is 1. The van der Waals surface area contributed by atoms with Crippen LogP contribution in [0.3, 0.4) is 0 Å². The van der Waals surface area contributed by atoms with E-state index in [1.165, 1.54) is 10.9 Å². The van der Waals surface area contributed by atoms with Crippen molar-refractivity contribution in [3.63, 3.8) is 0 Å². The Balaban J connectivity index is 1.57. The van der Waals surface area contributed by atoms with Crippen LogP contribution >= 0.6 is 0 Å². The number of halogens is 3. The summed E-state index contributed by atoms with van der Waals surface area (Å²) in [5, 5.41) is 7.93. The highest BCUT2D eigenvalue weighted by Gasteiger charge is 2.37. The first-order valence-electron chi connectivity index (χ1n) is 11.1. The Morgan fingerprint density at radius 3 is 2.29 bits per heavy atom. The van der Waals surface area contributed by atoms with Crippen molar-refractivity contribution >= 4 is 17.2 Å². The summed E-state index contributed by atoms with van der Waals surface area (Å²) in [5.41, 5.74) is 9.60. The molecule has 0 saturated heterocycles. The fourth-order valence-corrected chi connectivity index (χ4v) is 4.43. The van der Waals surface area contributed by atoms with Gasteiger partial charge in [0.25, 0.3) is 0 Å². The standard InChI is InChI=1S/C25H24F3N7/c1-24(2,3)35-19-9-8-17(16-14-30-23(29)31-15-16)18(19)10-13-34(35)21-7-5-4-6-20(21)33-12-11-22(32-33)25(26,27)28/h4-8,10-15H,9H2,1-3H3,(H2,29,30,31). The van der Waals surface area contributed by atoms with E-state index in [0.717, 1.165) is 28.5 Å². The lowest BCUT2D eigenvalue weighted by atomic mass is 9.99. The van der Waals surface area contributed by atoms with Gasteiger partial charge in [0.2, 0.25) is 5.95 Å². The number of para-hydroxylation sites is 2. The largest absolute Gasteiger partial charge is 0.435 e. The fraction of sp³-hybridized carbons (Fsp3) is 0.240. The van der Waals surface area contributed by atoms with E-state index in [1.54, 1.807) is 24.5 Å². The Morgan fingerprint density at radius 1 is 0.971 bits per heavy atom. The Labute approximate surface area is 200 Å². The number of hydrogen-bond donors (Lipinski definition) is 1. The first-order valence-corrected chi connectivity index (χ1v) is 11.1. The number of nitrogens with zero attached hydrogens (tertiary/aromatic N) is 6. The second kappa shape index (κ2) is 8.00. The minimum atomic E-state index is -4.51. The summed E-state index contributed by atoms with van der Waals surface area (Å²) in [6.07, 6.45) is 6.96. The highest BCUT2D eigenvalue weighted by molar-refractivity contribution is 5.86. The van der Waals surface area contributed by atoms with Crippen molar-refractivity contribution in [3.8, 4) is 5.69 Å². The Morgan fingerprint density at radius 2 is 1.66 bits per heavy atom. The van der Waals surface area contributed by atoms with E-state index >= 15 is 0 Å². The van der Waals surface area contributed by atoms with E-state index in [2.05, 4.69) is 46.9 Å². The molecule has 0 fully saturated rings. The van der Waals surface area contributed by atoms with E-state index in [9.17, 15) is 13.2 Å². The molecule has 5 rings (SSSR count). The third-order valence-corrected chi connectivity index (χ3v) is 5.83. The lowest BCUT2D eigenvalue weighted by Gasteiger charge is -2.48. The van der Waals surface area contributed by atoms with Crippen LogP contribution in [0.2, 0.25) is 0 Å². The van der Waals surface area contributed by atoms with Crippen molar-refractivity contribution in [3.05, 3.63) is 89.8 Å². The quantitative estimate of drug-likeness (QED) is 0.546. The summed E-state index contributed by atoms with van der Waals surface area (Å²) in [6.45, 7) is 6.27. The van der Waals surface area contributed by atoms with Gasteiger partial charge in [0.05, 0.1) is 16.9 Å². The Bertz CT molecular complexity index is 1360. The predicted octanol–water partition coefficient (Wildman–Crippen LogP) is 5.35. The smallest absolute Gasteiger partial charge is 0.368 e. The van der Waals surface area contributed by atoms with Crippen LogP contribution in [0, 0.1) is 0 Å². The van der Waals surface area contributed by atoms with Crippen LogP contribution in [0.1, 0.15) is 38.4 Å². The molecule has 0 unspecified atom stereocenters. The average molecular weight is 480 g/mol. The van der Waals surface area contributed by atoms with E-state index in [4.69, 9.17) is 5.73 Å². The van der Waals surface area contributed by atoms with Crippen molar-refractivity contribution in [2.45, 2.75) is 38.9 Å². The predicted molar refractivity (Wildman–Crippen MR) is 128 cm³/mol. The summed E-state index contributed by atoms with van der Waals surface area (Å²) in [4.78, 5) is 8.24. The number of aromatic nitrogens is 4. The molecule has 0 amide bonds. The lowest BCUT2D eigenvalue weighted by Crippen LogP contribution is -2.51. The van der Waals surface area contributed by atoms with Crippen LogP contribution in [0.25, 0.3) is 11.3 Å². The van der Waals surface area contributed by atoms with Crippen molar-refractivity contribution in [1.82, 2.24) is 24.8 Å². The first-order chi connectivity index (χ1) is 16.5. The van der Waals surface area contributed by atoms with E-state index in [1.807, 2.05) is 29.4 Å². The number of nitrogen functional groups attached to an aromatic ring is 1. The summed E-state index contributed by atoms with van der Waals surface area (Å²) < 4.78 is 40.9. The number of benzene rings is 1. The number of nitrogens with two attached hydrogens (primary N) is 1. The second-order valence-electron chi connectivity index (χ2n) is 9.29. The molecule has 1 aliphatic heterocycles. The molecule has 0 bridgehead atoms. The second-order valence-corrected chi connectivity index (χ2v) is 9.29. The zero-order valence-corrected chi connectivity index (χ0v) is 19.5. The van der Waals surface area contributed by atoms with E-state index in [0.29, 0.717) is 17.8 Å². The maximum Gasteiger partial charge on any atom is 0.435 e. The van der Waals surface area contributed by atoms with Crippen molar-refractivity contribution in [2.75, 3.05) is 10.7 Å². The molecule has 2 aliphatic rings. The van der Waals surface area contributed by atoms with Crippen LogP contribution in [-0.2, 0) is 6.18 Å². The van der Waals surface area contributed by atoms with Crippen molar-refractivity contribution in [2.24, 2.45) is 0 Å².